The monoisotopic (exact) mass is 178 g/mol. The number of carbonyl (C=O) groups is 1. The van der Waals surface area contributed by atoms with Crippen molar-refractivity contribution in [2.24, 2.45) is 5.73 Å². The Morgan fingerprint density at radius 1 is 1.45 bits per heavy atom. The fraction of sp³-hybridized carbons (Fsp3) is 0.857. The molecule has 0 saturated heterocycles. The van der Waals surface area contributed by atoms with Gasteiger partial charge in [-0.15, -0.1) is 12.4 Å². The minimum Gasteiger partial charge on any atom is -0.369 e. The minimum absolute atomic E-state index is 0. The first-order chi connectivity index (χ1) is 4.79. The number of nitrogens with two attached hydrogens (primary N) is 1. The Hall–Kier alpha value is -0.280. The molecule has 4 heteroatoms. The van der Waals surface area contributed by atoms with Crippen LogP contribution in [0.5, 0.6) is 0 Å². The molecule has 0 spiro atoms. The predicted octanol–water partition coefficient (Wildman–Crippen LogP) is 0.426. The molecule has 0 atom stereocenters. The highest BCUT2D eigenvalue weighted by Gasteiger charge is 2.13. The molecule has 3 N–H and O–H groups in total. The van der Waals surface area contributed by atoms with Gasteiger partial charge in [0.2, 0.25) is 5.91 Å². The first kappa shape index (κ1) is 10.7. The molecule has 1 aliphatic rings. The van der Waals surface area contributed by atoms with Crippen LogP contribution in [-0.2, 0) is 4.79 Å². The third-order valence-electron chi connectivity index (χ3n) is 1.92. The third-order valence-corrected chi connectivity index (χ3v) is 1.92. The van der Waals surface area contributed by atoms with Crippen LogP contribution in [-0.4, -0.2) is 18.5 Å². The van der Waals surface area contributed by atoms with E-state index in [9.17, 15) is 4.79 Å². The van der Waals surface area contributed by atoms with Crippen LogP contribution < -0.4 is 11.1 Å². The van der Waals surface area contributed by atoms with Gasteiger partial charge in [0.15, 0.2) is 0 Å². The van der Waals surface area contributed by atoms with Crippen LogP contribution in [0.1, 0.15) is 25.7 Å². The number of hydrogen-bond donors (Lipinski definition) is 2. The second kappa shape index (κ2) is 5.38. The van der Waals surface area contributed by atoms with Crippen LogP contribution in [0.25, 0.3) is 0 Å². The van der Waals surface area contributed by atoms with Crippen LogP contribution in [0.2, 0.25) is 0 Å². The average Bonchev–Trinajstić information content (AvgIpc) is 2.34. The van der Waals surface area contributed by atoms with E-state index in [-0.39, 0.29) is 18.3 Å². The zero-order valence-corrected chi connectivity index (χ0v) is 7.32. The molecule has 11 heavy (non-hydrogen) atoms. The zero-order chi connectivity index (χ0) is 7.40. The molecular formula is C7H15ClN2O. The molecule has 66 valence electrons. The van der Waals surface area contributed by atoms with E-state index in [0.29, 0.717) is 12.6 Å². The lowest BCUT2D eigenvalue weighted by molar-refractivity contribution is -0.117. The van der Waals surface area contributed by atoms with Gasteiger partial charge in [-0.25, -0.2) is 0 Å². The van der Waals surface area contributed by atoms with Crippen molar-refractivity contribution in [2.45, 2.75) is 31.7 Å². The average molecular weight is 179 g/mol. The van der Waals surface area contributed by atoms with Crippen LogP contribution in [0.15, 0.2) is 0 Å². The van der Waals surface area contributed by atoms with Crippen LogP contribution >= 0.6 is 12.4 Å². The van der Waals surface area contributed by atoms with E-state index in [1.807, 2.05) is 0 Å². The van der Waals surface area contributed by atoms with Crippen molar-refractivity contribution >= 4 is 18.3 Å². The number of hydrogen-bond acceptors (Lipinski definition) is 2. The highest BCUT2D eigenvalue weighted by Crippen LogP contribution is 2.16. The van der Waals surface area contributed by atoms with Gasteiger partial charge in [0.25, 0.3) is 0 Å². The van der Waals surface area contributed by atoms with Crippen molar-refractivity contribution < 1.29 is 4.79 Å². The van der Waals surface area contributed by atoms with E-state index < -0.39 is 0 Å². The van der Waals surface area contributed by atoms with E-state index in [1.54, 1.807) is 0 Å². The third kappa shape index (κ3) is 4.22. The van der Waals surface area contributed by atoms with Crippen molar-refractivity contribution in [3.63, 3.8) is 0 Å². The Morgan fingerprint density at radius 2 is 2.00 bits per heavy atom. The standard InChI is InChI=1S/C7H14N2O.ClH/c8-7(10)5-9-6-3-1-2-4-6;/h6,9H,1-5H2,(H2,8,10);1H. The first-order valence-corrected chi connectivity index (χ1v) is 3.81. The summed E-state index contributed by atoms with van der Waals surface area (Å²) in [6.45, 7) is 0.338. The molecule has 0 aromatic carbocycles. The quantitative estimate of drug-likeness (QED) is 0.659. The Bertz CT molecular complexity index is 124. The summed E-state index contributed by atoms with van der Waals surface area (Å²) < 4.78 is 0. The summed E-state index contributed by atoms with van der Waals surface area (Å²) in [5, 5.41) is 3.11. The van der Waals surface area contributed by atoms with Crippen LogP contribution in [0.3, 0.4) is 0 Å². The molecule has 0 aromatic heterocycles. The molecule has 1 saturated carbocycles. The van der Waals surface area contributed by atoms with Crippen LogP contribution in [0.4, 0.5) is 0 Å². The number of primary amides is 1. The molecule has 1 aliphatic carbocycles. The minimum atomic E-state index is -0.258. The first-order valence-electron chi connectivity index (χ1n) is 3.81. The Morgan fingerprint density at radius 3 is 2.45 bits per heavy atom. The lowest BCUT2D eigenvalue weighted by Gasteiger charge is -2.08. The van der Waals surface area contributed by atoms with E-state index in [2.05, 4.69) is 5.32 Å². The van der Waals surface area contributed by atoms with E-state index in [4.69, 9.17) is 5.73 Å². The molecule has 3 nitrogen and oxygen atoms in total. The number of carbonyl (C=O) groups excluding carboxylic acids is 1. The second-order valence-electron chi connectivity index (χ2n) is 2.83. The summed E-state index contributed by atoms with van der Waals surface area (Å²) in [6, 6.07) is 0.549. The van der Waals surface area contributed by atoms with Crippen molar-refractivity contribution in [1.29, 1.82) is 0 Å². The molecule has 1 rings (SSSR count). The van der Waals surface area contributed by atoms with Crippen molar-refractivity contribution in [1.82, 2.24) is 5.32 Å². The molecule has 1 amide bonds. The molecule has 0 heterocycles. The van der Waals surface area contributed by atoms with Gasteiger partial charge in [0.05, 0.1) is 6.54 Å². The maximum absolute atomic E-state index is 10.3. The Kier molecular flexibility index (Phi) is 5.24. The van der Waals surface area contributed by atoms with Gasteiger partial charge < -0.3 is 11.1 Å². The summed E-state index contributed by atoms with van der Waals surface area (Å²) in [5.74, 6) is -0.258. The lowest BCUT2D eigenvalue weighted by Crippen LogP contribution is -2.34. The highest BCUT2D eigenvalue weighted by atomic mass is 35.5. The molecule has 0 aromatic rings. The van der Waals surface area contributed by atoms with Gasteiger partial charge in [-0.1, -0.05) is 12.8 Å². The van der Waals surface area contributed by atoms with Gasteiger partial charge in [-0.2, -0.15) is 0 Å². The maximum atomic E-state index is 10.3. The van der Waals surface area contributed by atoms with Crippen LogP contribution in [0, 0.1) is 0 Å². The second-order valence-corrected chi connectivity index (χ2v) is 2.83. The van der Waals surface area contributed by atoms with E-state index >= 15 is 0 Å². The normalized spacial score (nSPS) is 17.8. The molecule has 0 radical (unpaired) electrons. The van der Waals surface area contributed by atoms with Gasteiger partial charge >= 0.3 is 0 Å². The highest BCUT2D eigenvalue weighted by molar-refractivity contribution is 5.85. The van der Waals surface area contributed by atoms with Crippen molar-refractivity contribution in [2.75, 3.05) is 6.54 Å². The summed E-state index contributed by atoms with van der Waals surface area (Å²) in [4.78, 5) is 10.3. The van der Waals surface area contributed by atoms with E-state index in [1.165, 1.54) is 25.7 Å². The molecule has 0 aliphatic heterocycles. The topological polar surface area (TPSA) is 55.1 Å². The molecular weight excluding hydrogens is 164 g/mol. The summed E-state index contributed by atoms with van der Waals surface area (Å²) >= 11 is 0. The van der Waals surface area contributed by atoms with Crippen molar-refractivity contribution in [3.05, 3.63) is 0 Å². The number of amides is 1. The predicted molar refractivity (Wildman–Crippen MR) is 46.7 cm³/mol. The molecule has 1 fully saturated rings. The fourth-order valence-corrected chi connectivity index (χ4v) is 1.37. The maximum Gasteiger partial charge on any atom is 0.231 e. The van der Waals surface area contributed by atoms with Gasteiger partial charge in [0, 0.05) is 6.04 Å². The zero-order valence-electron chi connectivity index (χ0n) is 6.51. The Balaban J connectivity index is 0.000001000. The fourth-order valence-electron chi connectivity index (χ4n) is 1.37. The summed E-state index contributed by atoms with van der Waals surface area (Å²) in [6.07, 6.45) is 4.98. The van der Waals surface area contributed by atoms with Gasteiger partial charge in [0.1, 0.15) is 0 Å². The molecule has 0 bridgehead atoms. The van der Waals surface area contributed by atoms with Gasteiger partial charge in [-0.3, -0.25) is 4.79 Å². The summed E-state index contributed by atoms with van der Waals surface area (Å²) in [7, 11) is 0. The number of halogens is 1. The molecule has 0 unspecified atom stereocenters. The SMILES string of the molecule is Cl.NC(=O)CNC1CCCC1. The van der Waals surface area contributed by atoms with Crippen molar-refractivity contribution in [3.8, 4) is 0 Å². The number of nitrogens with one attached hydrogen (secondary N) is 1. The largest absolute Gasteiger partial charge is 0.369 e. The lowest BCUT2D eigenvalue weighted by atomic mass is 10.2. The van der Waals surface area contributed by atoms with E-state index in [0.717, 1.165) is 0 Å². The summed E-state index contributed by atoms with van der Waals surface area (Å²) in [5.41, 5.74) is 4.97. The Labute approximate surface area is 73.1 Å². The van der Waals surface area contributed by atoms with Gasteiger partial charge in [-0.05, 0) is 12.8 Å². The number of rotatable bonds is 3. The smallest absolute Gasteiger partial charge is 0.231 e.